The standard InChI is InChI=1S/C27H27ClFNO4S/c1-5-7-8-20(19(4)35(32,33)23-12-9-21(28)10-13-23)15-24-18(3)30(17-27(31)34-6-2)26-14-11-22(29)16-25(24)26/h5,7-14,16H,4,6,15,17H2,1-3H3/b7-5-,20-8-. The van der Waals surface area contributed by atoms with E-state index in [1.165, 1.54) is 36.4 Å². The second-order valence-corrected chi connectivity index (χ2v) is 10.3. The summed E-state index contributed by atoms with van der Waals surface area (Å²) in [4.78, 5) is 12.2. The minimum Gasteiger partial charge on any atom is -0.465 e. The van der Waals surface area contributed by atoms with Crippen LogP contribution in [0, 0.1) is 12.7 Å². The highest BCUT2D eigenvalue weighted by Crippen LogP contribution is 2.33. The lowest BCUT2D eigenvalue weighted by molar-refractivity contribution is -0.143. The summed E-state index contributed by atoms with van der Waals surface area (Å²) < 4.78 is 47.7. The SMILES string of the molecule is C=C(/C(=C\C=C/C)Cc1c(C)n(CC(=O)OCC)c2ccc(F)cc12)S(=O)(=O)c1ccc(Cl)cc1. The van der Waals surface area contributed by atoms with Gasteiger partial charge in [0.15, 0.2) is 0 Å². The number of ether oxygens (including phenoxy) is 1. The molecule has 35 heavy (non-hydrogen) atoms. The first kappa shape index (κ1) is 26.4. The lowest BCUT2D eigenvalue weighted by atomic mass is 10.0. The predicted octanol–water partition coefficient (Wildman–Crippen LogP) is 6.34. The van der Waals surface area contributed by atoms with Gasteiger partial charge in [0.2, 0.25) is 9.84 Å². The van der Waals surface area contributed by atoms with Crippen LogP contribution in [-0.4, -0.2) is 25.6 Å². The Bertz CT molecular complexity index is 1430. The molecule has 0 atom stereocenters. The van der Waals surface area contributed by atoms with Crippen LogP contribution in [0.1, 0.15) is 25.1 Å². The van der Waals surface area contributed by atoms with Gasteiger partial charge in [-0.15, -0.1) is 0 Å². The fraction of sp³-hybridized carbons (Fsp3) is 0.222. The first-order chi connectivity index (χ1) is 16.6. The number of carbonyl (C=O) groups excluding carboxylic acids is 1. The van der Waals surface area contributed by atoms with Crippen LogP contribution in [0.4, 0.5) is 4.39 Å². The summed E-state index contributed by atoms with van der Waals surface area (Å²) in [6, 6.07) is 10.2. The Morgan fingerprint density at radius 3 is 2.51 bits per heavy atom. The molecule has 0 fully saturated rings. The van der Waals surface area contributed by atoms with Crippen molar-refractivity contribution in [1.29, 1.82) is 0 Å². The largest absolute Gasteiger partial charge is 0.465 e. The van der Waals surface area contributed by atoms with Crippen molar-refractivity contribution in [2.45, 2.75) is 38.6 Å². The molecule has 3 rings (SSSR count). The molecule has 8 heteroatoms. The molecule has 0 aliphatic carbocycles. The zero-order valence-corrected chi connectivity index (χ0v) is 21.4. The van der Waals surface area contributed by atoms with Crippen LogP contribution in [0.25, 0.3) is 10.9 Å². The summed E-state index contributed by atoms with van der Waals surface area (Å²) in [5.74, 6) is -0.846. The van der Waals surface area contributed by atoms with Gasteiger partial charge in [0, 0.05) is 28.0 Å². The quantitative estimate of drug-likeness (QED) is 0.246. The van der Waals surface area contributed by atoms with Gasteiger partial charge in [-0.1, -0.05) is 36.4 Å². The van der Waals surface area contributed by atoms with Crippen molar-refractivity contribution in [3.8, 4) is 0 Å². The lowest BCUT2D eigenvalue weighted by Crippen LogP contribution is -2.14. The molecule has 0 amide bonds. The highest BCUT2D eigenvalue weighted by Gasteiger charge is 2.25. The summed E-state index contributed by atoms with van der Waals surface area (Å²) >= 11 is 5.92. The van der Waals surface area contributed by atoms with Crippen LogP contribution in [0.2, 0.25) is 5.02 Å². The van der Waals surface area contributed by atoms with E-state index in [1.54, 1.807) is 35.8 Å². The zero-order valence-electron chi connectivity index (χ0n) is 19.8. The minimum absolute atomic E-state index is 0.0419. The smallest absolute Gasteiger partial charge is 0.325 e. The Morgan fingerprint density at radius 2 is 1.89 bits per heavy atom. The Kier molecular flexibility index (Phi) is 8.35. The number of aromatic nitrogens is 1. The van der Waals surface area contributed by atoms with E-state index in [4.69, 9.17) is 16.3 Å². The fourth-order valence-corrected chi connectivity index (χ4v) is 5.26. The van der Waals surface area contributed by atoms with Crippen LogP contribution < -0.4 is 0 Å². The number of nitrogens with zero attached hydrogens (tertiary/aromatic N) is 1. The molecule has 0 unspecified atom stereocenters. The zero-order chi connectivity index (χ0) is 25.8. The molecule has 0 N–H and O–H groups in total. The minimum atomic E-state index is -3.91. The van der Waals surface area contributed by atoms with Crippen molar-refractivity contribution < 1.29 is 22.3 Å². The van der Waals surface area contributed by atoms with Crippen LogP contribution in [-0.2, 0) is 32.3 Å². The number of rotatable bonds is 9. The molecule has 0 radical (unpaired) electrons. The predicted molar refractivity (Wildman–Crippen MR) is 138 cm³/mol. The molecule has 0 aliphatic heterocycles. The summed E-state index contributed by atoms with van der Waals surface area (Å²) in [7, 11) is -3.91. The molecule has 0 bridgehead atoms. The normalized spacial score (nSPS) is 12.4. The molecule has 5 nitrogen and oxygen atoms in total. The molecule has 1 heterocycles. The Balaban J connectivity index is 2.11. The summed E-state index contributed by atoms with van der Waals surface area (Å²) in [6.07, 6.45) is 5.35. The third kappa shape index (κ3) is 5.74. The number of hydrogen-bond acceptors (Lipinski definition) is 4. The number of esters is 1. The number of fused-ring (bicyclic) bond motifs is 1. The Morgan fingerprint density at radius 1 is 1.20 bits per heavy atom. The molecule has 0 aliphatic rings. The van der Waals surface area contributed by atoms with E-state index >= 15 is 0 Å². The monoisotopic (exact) mass is 515 g/mol. The highest BCUT2D eigenvalue weighted by atomic mass is 35.5. The molecule has 0 spiro atoms. The topological polar surface area (TPSA) is 65.4 Å². The van der Waals surface area contributed by atoms with Crippen molar-refractivity contribution >= 4 is 38.3 Å². The second kappa shape index (κ2) is 11.1. The summed E-state index contributed by atoms with van der Waals surface area (Å²) in [5, 5.41) is 1.01. The van der Waals surface area contributed by atoms with E-state index in [-0.39, 0.29) is 29.4 Å². The van der Waals surface area contributed by atoms with Crippen molar-refractivity contribution in [2.75, 3.05) is 6.61 Å². The molecule has 2 aromatic carbocycles. The van der Waals surface area contributed by atoms with Crippen LogP contribution in [0.15, 0.2) is 82.6 Å². The van der Waals surface area contributed by atoms with Gasteiger partial charge >= 0.3 is 5.97 Å². The number of hydrogen-bond donors (Lipinski definition) is 0. The maximum absolute atomic E-state index is 14.2. The Labute approximate surface area is 210 Å². The average molecular weight is 516 g/mol. The van der Waals surface area contributed by atoms with Crippen molar-refractivity contribution in [3.63, 3.8) is 0 Å². The van der Waals surface area contributed by atoms with E-state index in [0.29, 0.717) is 32.8 Å². The second-order valence-electron chi connectivity index (χ2n) is 7.89. The van der Waals surface area contributed by atoms with E-state index in [1.807, 2.05) is 13.8 Å². The van der Waals surface area contributed by atoms with Gasteiger partial charge in [-0.05, 0) is 74.4 Å². The van der Waals surface area contributed by atoms with Gasteiger partial charge in [0.25, 0.3) is 0 Å². The molecular weight excluding hydrogens is 489 g/mol. The number of halogens is 2. The van der Waals surface area contributed by atoms with Crippen molar-refractivity contribution in [2.24, 2.45) is 0 Å². The van der Waals surface area contributed by atoms with E-state index in [9.17, 15) is 17.6 Å². The maximum Gasteiger partial charge on any atom is 0.325 e. The average Bonchev–Trinajstić information content (AvgIpc) is 3.06. The Hall–Kier alpha value is -3.16. The maximum atomic E-state index is 14.2. The first-order valence-corrected chi connectivity index (χ1v) is 12.9. The first-order valence-electron chi connectivity index (χ1n) is 11.0. The van der Waals surface area contributed by atoms with Crippen LogP contribution >= 0.6 is 11.6 Å². The van der Waals surface area contributed by atoms with E-state index in [2.05, 4.69) is 6.58 Å². The molecule has 3 aromatic rings. The third-order valence-corrected chi connectivity index (χ3v) is 7.73. The molecule has 184 valence electrons. The molecule has 0 saturated carbocycles. The number of allylic oxidation sites excluding steroid dienone is 4. The summed E-state index contributed by atoms with van der Waals surface area (Å²) in [6.45, 7) is 9.47. The van der Waals surface area contributed by atoms with Gasteiger partial charge in [0.05, 0.1) is 16.4 Å². The van der Waals surface area contributed by atoms with Gasteiger partial charge in [0.1, 0.15) is 12.4 Å². The molecular formula is C27H27ClFNO4S. The molecule has 0 saturated heterocycles. The van der Waals surface area contributed by atoms with E-state index in [0.717, 1.165) is 0 Å². The van der Waals surface area contributed by atoms with E-state index < -0.39 is 21.6 Å². The number of sulfone groups is 1. The highest BCUT2D eigenvalue weighted by molar-refractivity contribution is 7.95. The van der Waals surface area contributed by atoms with Crippen LogP contribution in [0.5, 0.6) is 0 Å². The van der Waals surface area contributed by atoms with Crippen molar-refractivity contribution in [1.82, 2.24) is 4.57 Å². The van der Waals surface area contributed by atoms with Gasteiger partial charge < -0.3 is 9.30 Å². The van der Waals surface area contributed by atoms with Gasteiger partial charge in [-0.3, -0.25) is 4.79 Å². The lowest BCUT2D eigenvalue weighted by Gasteiger charge is -2.13. The van der Waals surface area contributed by atoms with Gasteiger partial charge in [-0.25, -0.2) is 12.8 Å². The molecule has 1 aromatic heterocycles. The number of carbonyl (C=O) groups is 1. The fourth-order valence-electron chi connectivity index (χ4n) is 3.87. The summed E-state index contributed by atoms with van der Waals surface area (Å²) in [5.41, 5.74) is 2.51. The van der Waals surface area contributed by atoms with Crippen LogP contribution in [0.3, 0.4) is 0 Å². The third-order valence-electron chi connectivity index (χ3n) is 5.67. The van der Waals surface area contributed by atoms with Crippen molar-refractivity contribution in [3.05, 3.63) is 99.8 Å². The van der Waals surface area contributed by atoms with Gasteiger partial charge in [-0.2, -0.15) is 0 Å². The number of benzene rings is 2.